The average molecular weight is 710 g/mol. The maximum Gasteiger partial charge on any atom is 0.324 e. The Morgan fingerprint density at radius 2 is 1.62 bits per heavy atom. The number of nitrogens with zero attached hydrogens (tertiary/aromatic N) is 6. The maximum absolute atomic E-state index is 13.5. The van der Waals surface area contributed by atoms with Gasteiger partial charge in [0.25, 0.3) is 5.91 Å². The Morgan fingerprint density at radius 3 is 2.38 bits per heavy atom. The molecule has 12 heteroatoms. The first-order chi connectivity index (χ1) is 26.0. The monoisotopic (exact) mass is 709 g/mol. The third kappa shape index (κ3) is 8.44. The van der Waals surface area contributed by atoms with Crippen LogP contribution in [-0.4, -0.2) is 54.7 Å². The molecular formula is C41H43N9O3. The van der Waals surface area contributed by atoms with E-state index in [1.807, 2.05) is 66.7 Å². The van der Waals surface area contributed by atoms with Crippen LogP contribution in [0, 0.1) is 0 Å². The second kappa shape index (κ2) is 16.4. The SMILES string of the molecule is CCCCc1cc(NC(=O)Nc2ccc(OCc3ccnc(Nc4cnc(C(=O)N5CCCC5)cn4)c3)c3ccccc23)n(-c2ccc(CC)cc2)n1. The smallest absolute Gasteiger partial charge is 0.324 e. The molecule has 3 N–H and O–H groups in total. The fourth-order valence-corrected chi connectivity index (χ4v) is 6.36. The number of carbonyl (C=O) groups excluding carboxylic acids is 2. The zero-order valence-electron chi connectivity index (χ0n) is 30.0. The van der Waals surface area contributed by atoms with Crippen molar-refractivity contribution in [1.29, 1.82) is 0 Å². The summed E-state index contributed by atoms with van der Waals surface area (Å²) in [7, 11) is 0. The number of anilines is 4. The molecule has 1 aliphatic rings. The van der Waals surface area contributed by atoms with Crippen LogP contribution in [0.15, 0.2) is 97.5 Å². The van der Waals surface area contributed by atoms with E-state index in [4.69, 9.17) is 9.84 Å². The summed E-state index contributed by atoms with van der Waals surface area (Å²) >= 11 is 0. The highest BCUT2D eigenvalue weighted by Gasteiger charge is 2.21. The second-order valence-corrected chi connectivity index (χ2v) is 13.0. The van der Waals surface area contributed by atoms with Crippen LogP contribution < -0.4 is 20.7 Å². The van der Waals surface area contributed by atoms with Gasteiger partial charge in [0.2, 0.25) is 0 Å². The normalized spacial score (nSPS) is 12.5. The fraction of sp³-hybridized carbons (Fsp3) is 0.268. The highest BCUT2D eigenvalue weighted by atomic mass is 16.5. The quantitative estimate of drug-likeness (QED) is 0.109. The molecule has 0 saturated carbocycles. The summed E-state index contributed by atoms with van der Waals surface area (Å²) in [4.78, 5) is 41.0. The lowest BCUT2D eigenvalue weighted by Crippen LogP contribution is -2.28. The molecular weight excluding hydrogens is 667 g/mol. The second-order valence-electron chi connectivity index (χ2n) is 13.0. The number of pyridine rings is 1. The molecule has 0 spiro atoms. The Morgan fingerprint density at radius 1 is 0.811 bits per heavy atom. The predicted molar refractivity (Wildman–Crippen MR) is 207 cm³/mol. The number of benzene rings is 3. The molecule has 53 heavy (non-hydrogen) atoms. The third-order valence-corrected chi connectivity index (χ3v) is 9.25. The topological polar surface area (TPSA) is 139 Å². The lowest BCUT2D eigenvalue weighted by atomic mass is 10.1. The highest BCUT2D eigenvalue weighted by molar-refractivity contribution is 6.07. The van der Waals surface area contributed by atoms with E-state index < -0.39 is 0 Å². The zero-order chi connectivity index (χ0) is 36.6. The summed E-state index contributed by atoms with van der Waals surface area (Å²) in [5.74, 6) is 2.25. The first kappa shape index (κ1) is 35.1. The van der Waals surface area contributed by atoms with E-state index in [9.17, 15) is 9.59 Å². The van der Waals surface area contributed by atoms with Crippen molar-refractivity contribution < 1.29 is 14.3 Å². The molecule has 0 unspecified atom stereocenters. The summed E-state index contributed by atoms with van der Waals surface area (Å²) in [6, 6.07) is 25.1. The zero-order valence-corrected chi connectivity index (χ0v) is 30.0. The van der Waals surface area contributed by atoms with Gasteiger partial charge in [0, 0.05) is 36.1 Å². The number of fused-ring (bicyclic) bond motifs is 1. The first-order valence-electron chi connectivity index (χ1n) is 18.2. The number of ether oxygens (including phenoxy) is 1. The number of urea groups is 1. The summed E-state index contributed by atoms with van der Waals surface area (Å²) in [6.07, 6.45) is 10.6. The lowest BCUT2D eigenvalue weighted by molar-refractivity contribution is 0.0786. The Hall–Kier alpha value is -6.30. The van der Waals surface area contributed by atoms with Gasteiger partial charge in [-0.15, -0.1) is 0 Å². The van der Waals surface area contributed by atoms with Gasteiger partial charge in [-0.25, -0.2) is 24.4 Å². The number of rotatable bonds is 13. The molecule has 1 fully saturated rings. The van der Waals surface area contributed by atoms with E-state index >= 15 is 0 Å². The summed E-state index contributed by atoms with van der Waals surface area (Å²) in [5, 5.41) is 15.8. The molecule has 3 aromatic heterocycles. The van der Waals surface area contributed by atoms with Crippen molar-refractivity contribution in [2.45, 2.75) is 59.0 Å². The molecule has 1 aliphatic heterocycles. The first-order valence-corrected chi connectivity index (χ1v) is 18.2. The minimum Gasteiger partial charge on any atom is -0.488 e. The minimum atomic E-state index is -0.369. The standard InChI is InChI=1S/C41H43N9O3/c1-3-5-10-30-24-39(50(48-30)31-15-13-28(4-2)14-16-31)47-41(52)45-34-17-18-36(33-12-7-6-11-32(33)34)53-27-29-19-20-42-37(23-29)46-38-26-43-35(25-44-38)40(51)49-21-8-9-22-49/h6-7,11-20,23-26H,3-5,8-10,21-22,27H2,1-2H3,(H,42,44,46)(H2,45,47,52). The molecule has 6 aromatic rings. The van der Waals surface area contributed by atoms with Crippen LogP contribution in [0.1, 0.15) is 66.8 Å². The van der Waals surface area contributed by atoms with Crippen LogP contribution in [0.3, 0.4) is 0 Å². The van der Waals surface area contributed by atoms with Crippen molar-refractivity contribution in [3.8, 4) is 11.4 Å². The van der Waals surface area contributed by atoms with E-state index in [2.05, 4.69) is 56.9 Å². The number of unbranched alkanes of at least 4 members (excludes halogenated alkanes) is 1. The number of carbonyl (C=O) groups is 2. The number of hydrogen-bond acceptors (Lipinski definition) is 8. The van der Waals surface area contributed by atoms with Crippen molar-refractivity contribution >= 4 is 45.9 Å². The lowest BCUT2D eigenvalue weighted by Gasteiger charge is -2.15. The van der Waals surface area contributed by atoms with Crippen molar-refractivity contribution in [3.63, 3.8) is 0 Å². The Labute approximate surface area is 308 Å². The van der Waals surface area contributed by atoms with E-state index in [1.165, 1.54) is 11.8 Å². The summed E-state index contributed by atoms with van der Waals surface area (Å²) in [6.45, 7) is 6.08. The van der Waals surface area contributed by atoms with Crippen molar-refractivity contribution in [2.24, 2.45) is 0 Å². The Bertz CT molecular complexity index is 2190. The molecule has 4 heterocycles. The molecule has 0 atom stereocenters. The number of aromatic nitrogens is 5. The predicted octanol–water partition coefficient (Wildman–Crippen LogP) is 8.32. The molecule has 0 aliphatic carbocycles. The molecule has 3 aromatic carbocycles. The van der Waals surface area contributed by atoms with Gasteiger partial charge >= 0.3 is 6.03 Å². The molecule has 1 saturated heterocycles. The van der Waals surface area contributed by atoms with E-state index in [1.54, 1.807) is 22.0 Å². The Kier molecular flexibility index (Phi) is 10.8. The fourth-order valence-electron chi connectivity index (χ4n) is 6.36. The number of likely N-dealkylation sites (tertiary alicyclic amines) is 1. The number of hydrogen-bond donors (Lipinski definition) is 3. The molecule has 3 amide bonds. The minimum absolute atomic E-state index is 0.0907. The van der Waals surface area contributed by atoms with E-state index in [0.717, 1.165) is 79.3 Å². The number of aryl methyl sites for hydroxylation is 2. The van der Waals surface area contributed by atoms with Gasteiger partial charge in [-0.05, 0) is 79.6 Å². The summed E-state index contributed by atoms with van der Waals surface area (Å²) in [5.41, 5.74) is 4.93. The van der Waals surface area contributed by atoms with Crippen molar-refractivity contribution in [3.05, 3.63) is 120 Å². The van der Waals surface area contributed by atoms with Crippen molar-refractivity contribution in [1.82, 2.24) is 29.6 Å². The highest BCUT2D eigenvalue weighted by Crippen LogP contribution is 2.32. The van der Waals surface area contributed by atoms with Gasteiger partial charge in [-0.1, -0.05) is 56.7 Å². The average Bonchev–Trinajstić information content (AvgIpc) is 3.88. The number of nitrogens with one attached hydrogen (secondary N) is 3. The molecule has 12 nitrogen and oxygen atoms in total. The molecule has 7 rings (SSSR count). The van der Waals surface area contributed by atoms with Crippen molar-refractivity contribution in [2.75, 3.05) is 29.0 Å². The van der Waals surface area contributed by atoms with E-state index in [-0.39, 0.29) is 18.5 Å². The van der Waals surface area contributed by atoms with E-state index in [0.29, 0.717) is 34.6 Å². The van der Waals surface area contributed by atoms with Gasteiger partial charge in [0.15, 0.2) is 0 Å². The van der Waals surface area contributed by atoms with Crippen LogP contribution >= 0.6 is 0 Å². The van der Waals surface area contributed by atoms with Crippen LogP contribution in [0.2, 0.25) is 0 Å². The van der Waals surface area contributed by atoms with Crippen LogP contribution in [0.4, 0.5) is 27.9 Å². The Balaban J connectivity index is 1.02. The third-order valence-electron chi connectivity index (χ3n) is 9.25. The van der Waals surface area contributed by atoms with Crippen LogP contribution in [-0.2, 0) is 19.4 Å². The van der Waals surface area contributed by atoms with Crippen LogP contribution in [0.25, 0.3) is 16.5 Å². The number of amides is 3. The molecule has 0 radical (unpaired) electrons. The van der Waals surface area contributed by atoms with Gasteiger partial charge < -0.3 is 20.3 Å². The summed E-state index contributed by atoms with van der Waals surface area (Å²) < 4.78 is 8.10. The van der Waals surface area contributed by atoms with Crippen LogP contribution in [0.5, 0.6) is 5.75 Å². The van der Waals surface area contributed by atoms with Gasteiger partial charge in [0.1, 0.15) is 35.5 Å². The maximum atomic E-state index is 13.5. The largest absolute Gasteiger partial charge is 0.488 e. The molecule has 270 valence electrons. The van der Waals surface area contributed by atoms with Gasteiger partial charge in [-0.2, -0.15) is 5.10 Å². The van der Waals surface area contributed by atoms with Gasteiger partial charge in [0.05, 0.1) is 29.5 Å². The molecule has 0 bridgehead atoms. The van der Waals surface area contributed by atoms with Gasteiger partial charge in [-0.3, -0.25) is 10.1 Å².